The summed E-state index contributed by atoms with van der Waals surface area (Å²) in [6.07, 6.45) is 1.43. The molecule has 1 N–H and O–H groups in total. The third-order valence-corrected chi connectivity index (χ3v) is 5.43. The summed E-state index contributed by atoms with van der Waals surface area (Å²) in [6, 6.07) is 13.2. The van der Waals surface area contributed by atoms with E-state index in [1.54, 1.807) is 36.4 Å². The highest BCUT2D eigenvalue weighted by Gasteiger charge is 2.25. The number of hydrogen-bond acceptors (Lipinski definition) is 6. The van der Waals surface area contributed by atoms with Gasteiger partial charge in [-0.15, -0.1) is 0 Å². The average molecular weight is 418 g/mol. The van der Waals surface area contributed by atoms with E-state index in [-0.39, 0.29) is 17.2 Å². The summed E-state index contributed by atoms with van der Waals surface area (Å²) >= 11 is 0. The van der Waals surface area contributed by atoms with Gasteiger partial charge >= 0.3 is 6.09 Å². The van der Waals surface area contributed by atoms with Crippen molar-refractivity contribution in [1.82, 2.24) is 0 Å². The van der Waals surface area contributed by atoms with Gasteiger partial charge in [0.15, 0.2) is 9.84 Å². The molecule has 1 heterocycles. The number of amides is 2. The zero-order valence-electron chi connectivity index (χ0n) is 16.0. The summed E-state index contributed by atoms with van der Waals surface area (Å²) in [4.78, 5) is 25.7. The van der Waals surface area contributed by atoms with E-state index in [9.17, 15) is 18.0 Å². The van der Waals surface area contributed by atoms with Crippen molar-refractivity contribution < 1.29 is 27.5 Å². The third kappa shape index (κ3) is 5.47. The first-order valence-electron chi connectivity index (χ1n) is 9.11. The van der Waals surface area contributed by atoms with Gasteiger partial charge in [0, 0.05) is 12.7 Å². The van der Waals surface area contributed by atoms with E-state index in [4.69, 9.17) is 9.47 Å². The predicted octanol–water partition coefficient (Wildman–Crippen LogP) is 2.84. The second-order valence-electron chi connectivity index (χ2n) is 6.53. The van der Waals surface area contributed by atoms with Crippen LogP contribution in [-0.2, 0) is 19.4 Å². The van der Waals surface area contributed by atoms with Gasteiger partial charge in [0.2, 0.25) is 5.91 Å². The molecule has 0 saturated carbocycles. The van der Waals surface area contributed by atoms with Gasteiger partial charge in [-0.05, 0) is 42.8 Å². The lowest BCUT2D eigenvalue weighted by atomic mass is 10.2. The van der Waals surface area contributed by atoms with E-state index in [1.807, 2.05) is 0 Å². The summed E-state index contributed by atoms with van der Waals surface area (Å²) in [5, 5.41) is 2.82. The Kier molecular flexibility index (Phi) is 6.38. The number of nitrogens with one attached hydrogen (secondary N) is 1. The number of para-hydroxylation sites is 2. The van der Waals surface area contributed by atoms with Crippen LogP contribution in [0.2, 0.25) is 0 Å². The Morgan fingerprint density at radius 1 is 1.17 bits per heavy atom. The van der Waals surface area contributed by atoms with Gasteiger partial charge in [0.05, 0.1) is 29.4 Å². The van der Waals surface area contributed by atoms with E-state index >= 15 is 0 Å². The maximum absolute atomic E-state index is 12.3. The van der Waals surface area contributed by atoms with Crippen LogP contribution in [0, 0.1) is 0 Å². The van der Waals surface area contributed by atoms with Gasteiger partial charge in [-0.2, -0.15) is 0 Å². The molecule has 3 rings (SSSR count). The molecule has 0 spiro atoms. The van der Waals surface area contributed by atoms with Gasteiger partial charge in [-0.25, -0.2) is 13.2 Å². The van der Waals surface area contributed by atoms with Gasteiger partial charge in [-0.1, -0.05) is 12.1 Å². The zero-order chi connectivity index (χ0) is 20.9. The van der Waals surface area contributed by atoms with Crippen molar-refractivity contribution in [2.24, 2.45) is 0 Å². The highest BCUT2D eigenvalue weighted by atomic mass is 32.2. The number of ether oxygens (including phenoxy) is 2. The number of carbonyl (C=O) groups excluding carboxylic acids is 2. The van der Waals surface area contributed by atoms with E-state index in [0.29, 0.717) is 43.3 Å². The quantitative estimate of drug-likeness (QED) is 0.662. The van der Waals surface area contributed by atoms with E-state index in [2.05, 4.69) is 5.32 Å². The smallest absolute Gasteiger partial charge is 0.414 e. The lowest BCUT2D eigenvalue weighted by molar-refractivity contribution is -0.116. The summed E-state index contributed by atoms with van der Waals surface area (Å²) in [5.41, 5.74) is 1.15. The number of anilines is 2. The molecule has 1 saturated heterocycles. The Balaban J connectivity index is 1.48. The van der Waals surface area contributed by atoms with Crippen LogP contribution in [0.5, 0.6) is 5.75 Å². The molecule has 0 aromatic heterocycles. The molecule has 0 unspecified atom stereocenters. The van der Waals surface area contributed by atoms with Crippen LogP contribution in [0.3, 0.4) is 0 Å². The highest BCUT2D eigenvalue weighted by Crippen LogP contribution is 2.28. The molecule has 2 aromatic rings. The Labute approximate surface area is 169 Å². The lowest BCUT2D eigenvalue weighted by Crippen LogP contribution is -2.25. The zero-order valence-corrected chi connectivity index (χ0v) is 16.8. The maximum atomic E-state index is 12.3. The van der Waals surface area contributed by atoms with Crippen LogP contribution >= 0.6 is 0 Å². The molecule has 154 valence electrons. The predicted molar refractivity (Wildman–Crippen MR) is 108 cm³/mol. The number of rotatable bonds is 8. The molecule has 9 heteroatoms. The fourth-order valence-electron chi connectivity index (χ4n) is 2.85. The molecule has 2 amide bonds. The van der Waals surface area contributed by atoms with Crippen LogP contribution in [0.25, 0.3) is 0 Å². The molecule has 0 atom stereocenters. The Hall–Kier alpha value is -3.07. The largest absolute Gasteiger partial charge is 0.494 e. The minimum absolute atomic E-state index is 0.193. The van der Waals surface area contributed by atoms with Crippen molar-refractivity contribution in [2.75, 3.05) is 36.2 Å². The molecule has 1 aliphatic rings. The van der Waals surface area contributed by atoms with Crippen molar-refractivity contribution in [3.63, 3.8) is 0 Å². The van der Waals surface area contributed by atoms with Crippen LogP contribution < -0.4 is 15.0 Å². The lowest BCUT2D eigenvalue weighted by Gasteiger charge is -2.17. The van der Waals surface area contributed by atoms with Crippen molar-refractivity contribution >= 4 is 33.2 Å². The van der Waals surface area contributed by atoms with Crippen molar-refractivity contribution in [3.8, 4) is 5.75 Å². The van der Waals surface area contributed by atoms with Crippen molar-refractivity contribution in [2.45, 2.75) is 17.7 Å². The molecule has 2 aromatic carbocycles. The van der Waals surface area contributed by atoms with Crippen LogP contribution in [-0.4, -0.2) is 46.4 Å². The summed E-state index contributed by atoms with van der Waals surface area (Å²) in [7, 11) is -3.24. The summed E-state index contributed by atoms with van der Waals surface area (Å²) in [5.74, 6) is 0.344. The number of carbonyl (C=O) groups is 2. The molecule has 0 aliphatic carbocycles. The first-order chi connectivity index (χ1) is 13.8. The summed E-state index contributed by atoms with van der Waals surface area (Å²) in [6.45, 7) is 1.08. The molecular weight excluding hydrogens is 396 g/mol. The Bertz CT molecular complexity index is 988. The standard InChI is InChI=1S/C20H22N2O6S/c1-29(25,26)16-10-8-15(9-11-16)27-13-4-7-19(23)21-17-5-2-3-6-18(17)22-12-14-28-20(22)24/h2-3,5-6,8-11H,4,7,12-14H2,1H3,(H,21,23). The van der Waals surface area contributed by atoms with E-state index in [1.165, 1.54) is 17.0 Å². The number of hydrogen-bond donors (Lipinski definition) is 1. The Morgan fingerprint density at radius 2 is 1.90 bits per heavy atom. The van der Waals surface area contributed by atoms with Gasteiger partial charge in [0.25, 0.3) is 0 Å². The minimum Gasteiger partial charge on any atom is -0.494 e. The molecular formula is C20H22N2O6S. The fourth-order valence-corrected chi connectivity index (χ4v) is 3.48. The third-order valence-electron chi connectivity index (χ3n) is 4.30. The number of cyclic esters (lactones) is 1. The van der Waals surface area contributed by atoms with Crippen LogP contribution in [0.4, 0.5) is 16.2 Å². The maximum Gasteiger partial charge on any atom is 0.414 e. The molecule has 8 nitrogen and oxygen atoms in total. The van der Waals surface area contributed by atoms with E-state index < -0.39 is 15.9 Å². The minimum atomic E-state index is -3.24. The second kappa shape index (κ2) is 8.95. The number of nitrogens with zero attached hydrogens (tertiary/aromatic N) is 1. The van der Waals surface area contributed by atoms with Crippen LogP contribution in [0.1, 0.15) is 12.8 Å². The number of sulfone groups is 1. The van der Waals surface area contributed by atoms with Crippen LogP contribution in [0.15, 0.2) is 53.4 Å². The van der Waals surface area contributed by atoms with Gasteiger partial charge < -0.3 is 14.8 Å². The SMILES string of the molecule is CS(=O)(=O)c1ccc(OCCCC(=O)Nc2ccccc2N2CCOC2=O)cc1. The number of benzene rings is 2. The Morgan fingerprint density at radius 3 is 2.55 bits per heavy atom. The van der Waals surface area contributed by atoms with Gasteiger partial charge in [0.1, 0.15) is 12.4 Å². The monoisotopic (exact) mass is 418 g/mol. The summed E-state index contributed by atoms with van der Waals surface area (Å²) < 4.78 is 33.4. The molecule has 0 radical (unpaired) electrons. The average Bonchev–Trinajstić information content (AvgIpc) is 3.11. The second-order valence-corrected chi connectivity index (χ2v) is 8.54. The first-order valence-corrected chi connectivity index (χ1v) is 11.0. The first kappa shape index (κ1) is 20.7. The topological polar surface area (TPSA) is 102 Å². The van der Waals surface area contributed by atoms with Crippen molar-refractivity contribution in [3.05, 3.63) is 48.5 Å². The van der Waals surface area contributed by atoms with Gasteiger partial charge in [-0.3, -0.25) is 9.69 Å². The highest BCUT2D eigenvalue weighted by molar-refractivity contribution is 7.90. The normalized spacial score (nSPS) is 13.8. The molecule has 0 bridgehead atoms. The fraction of sp³-hybridized carbons (Fsp3) is 0.300. The molecule has 1 fully saturated rings. The molecule has 29 heavy (non-hydrogen) atoms. The van der Waals surface area contributed by atoms with E-state index in [0.717, 1.165) is 6.26 Å². The molecule has 1 aliphatic heterocycles. The van der Waals surface area contributed by atoms with Crippen molar-refractivity contribution in [1.29, 1.82) is 0 Å².